The fourth-order valence-corrected chi connectivity index (χ4v) is 4.51. The van der Waals surface area contributed by atoms with Crippen LogP contribution in [0.2, 0.25) is 0 Å². The van der Waals surface area contributed by atoms with Gasteiger partial charge in [0.2, 0.25) is 15.9 Å². The molecule has 0 bridgehead atoms. The van der Waals surface area contributed by atoms with Crippen LogP contribution in [0.15, 0.2) is 18.3 Å². The highest BCUT2D eigenvalue weighted by atomic mass is 32.2. The number of carbonyl (C=O) groups is 1. The monoisotopic (exact) mass is 352 g/mol. The van der Waals surface area contributed by atoms with Crippen LogP contribution >= 0.6 is 0 Å². The predicted octanol–water partition coefficient (Wildman–Crippen LogP) is 1.43. The minimum atomic E-state index is -3.38. The average molecular weight is 352 g/mol. The van der Waals surface area contributed by atoms with Crippen molar-refractivity contribution in [3.8, 4) is 0 Å². The van der Waals surface area contributed by atoms with Crippen molar-refractivity contribution in [1.29, 1.82) is 0 Å². The van der Waals surface area contributed by atoms with Crippen molar-refractivity contribution in [2.45, 2.75) is 38.1 Å². The number of nitrogens with one attached hydrogen (secondary N) is 1. The van der Waals surface area contributed by atoms with Gasteiger partial charge in [0, 0.05) is 19.6 Å². The van der Waals surface area contributed by atoms with Gasteiger partial charge in [-0.15, -0.1) is 0 Å². The molecule has 2 saturated heterocycles. The Labute approximate surface area is 143 Å². The zero-order valence-corrected chi connectivity index (χ0v) is 14.8. The highest BCUT2D eigenvalue weighted by Crippen LogP contribution is 2.22. The number of pyridine rings is 1. The van der Waals surface area contributed by atoms with Gasteiger partial charge in [-0.1, -0.05) is 6.42 Å². The molecule has 3 rings (SSSR count). The Bertz CT molecular complexity index is 684. The van der Waals surface area contributed by atoms with E-state index in [1.54, 1.807) is 6.20 Å². The van der Waals surface area contributed by atoms with E-state index in [0.717, 1.165) is 38.0 Å². The summed E-state index contributed by atoms with van der Waals surface area (Å²) in [4.78, 5) is 19.1. The molecule has 0 radical (unpaired) electrons. The van der Waals surface area contributed by atoms with Crippen LogP contribution in [0.4, 0.5) is 11.5 Å². The lowest BCUT2D eigenvalue weighted by molar-refractivity contribution is -0.120. The third kappa shape index (κ3) is 3.87. The number of rotatable bonds is 4. The van der Waals surface area contributed by atoms with Gasteiger partial charge in [-0.3, -0.25) is 4.79 Å². The van der Waals surface area contributed by atoms with E-state index < -0.39 is 16.1 Å². The van der Waals surface area contributed by atoms with E-state index in [-0.39, 0.29) is 5.91 Å². The SMILES string of the molecule is CS(=O)(=O)N1CCCCC1C(=O)Nc1ccc(N2CCCC2)nc1. The number of hydrogen-bond donors (Lipinski definition) is 1. The first kappa shape index (κ1) is 17.2. The van der Waals surface area contributed by atoms with E-state index in [4.69, 9.17) is 0 Å². The van der Waals surface area contributed by atoms with Gasteiger partial charge in [-0.2, -0.15) is 4.31 Å². The molecule has 3 heterocycles. The highest BCUT2D eigenvalue weighted by molar-refractivity contribution is 7.88. The first-order valence-corrected chi connectivity index (χ1v) is 10.3. The maximum Gasteiger partial charge on any atom is 0.242 e. The summed E-state index contributed by atoms with van der Waals surface area (Å²) in [6.45, 7) is 2.44. The quantitative estimate of drug-likeness (QED) is 0.886. The largest absolute Gasteiger partial charge is 0.357 e. The molecule has 132 valence electrons. The molecule has 0 aromatic carbocycles. The van der Waals surface area contributed by atoms with Gasteiger partial charge in [0.05, 0.1) is 18.1 Å². The van der Waals surface area contributed by atoms with Crippen molar-refractivity contribution in [2.75, 3.05) is 36.1 Å². The third-order valence-electron chi connectivity index (χ3n) is 4.63. The lowest BCUT2D eigenvalue weighted by atomic mass is 10.0. The molecule has 1 amide bonds. The van der Waals surface area contributed by atoms with Crippen molar-refractivity contribution in [3.63, 3.8) is 0 Å². The van der Waals surface area contributed by atoms with E-state index in [0.29, 0.717) is 18.7 Å². The van der Waals surface area contributed by atoms with Crippen molar-refractivity contribution in [3.05, 3.63) is 18.3 Å². The molecule has 2 fully saturated rings. The summed E-state index contributed by atoms with van der Waals surface area (Å²) in [6.07, 6.45) is 7.37. The molecule has 8 heteroatoms. The van der Waals surface area contributed by atoms with Gasteiger partial charge in [0.1, 0.15) is 11.9 Å². The zero-order valence-electron chi connectivity index (χ0n) is 13.9. The van der Waals surface area contributed by atoms with Gasteiger partial charge < -0.3 is 10.2 Å². The summed E-state index contributed by atoms with van der Waals surface area (Å²) in [7, 11) is -3.38. The zero-order chi connectivity index (χ0) is 17.2. The normalized spacial score (nSPS) is 22.5. The van der Waals surface area contributed by atoms with Crippen LogP contribution in [0.3, 0.4) is 0 Å². The molecule has 24 heavy (non-hydrogen) atoms. The van der Waals surface area contributed by atoms with E-state index in [9.17, 15) is 13.2 Å². The number of carbonyl (C=O) groups excluding carboxylic acids is 1. The average Bonchev–Trinajstić information content (AvgIpc) is 3.09. The molecular weight excluding hydrogens is 328 g/mol. The van der Waals surface area contributed by atoms with Crippen molar-refractivity contribution in [1.82, 2.24) is 9.29 Å². The summed E-state index contributed by atoms with van der Waals surface area (Å²) < 4.78 is 25.1. The van der Waals surface area contributed by atoms with Crippen LogP contribution in [-0.2, 0) is 14.8 Å². The predicted molar refractivity (Wildman–Crippen MR) is 93.5 cm³/mol. The van der Waals surface area contributed by atoms with Gasteiger partial charge in [-0.05, 0) is 37.8 Å². The summed E-state index contributed by atoms with van der Waals surface area (Å²) >= 11 is 0. The van der Waals surface area contributed by atoms with Gasteiger partial charge in [0.25, 0.3) is 0 Å². The van der Waals surface area contributed by atoms with Crippen LogP contribution in [0.25, 0.3) is 0 Å². The first-order chi connectivity index (χ1) is 11.4. The fraction of sp³-hybridized carbons (Fsp3) is 0.625. The standard InChI is InChI=1S/C16H24N4O3S/c1-24(22,23)20-11-3-2-6-14(20)16(21)18-13-7-8-15(17-12-13)19-9-4-5-10-19/h7-8,12,14H,2-6,9-11H2,1H3,(H,18,21). The Morgan fingerprint density at radius 2 is 1.88 bits per heavy atom. The number of anilines is 2. The van der Waals surface area contributed by atoms with Crippen LogP contribution in [0.1, 0.15) is 32.1 Å². The summed E-state index contributed by atoms with van der Waals surface area (Å²) in [5.41, 5.74) is 0.599. The second-order valence-corrected chi connectivity index (χ2v) is 8.41. The Balaban J connectivity index is 1.67. The van der Waals surface area contributed by atoms with Gasteiger partial charge in [0.15, 0.2) is 0 Å². The molecule has 0 spiro atoms. The van der Waals surface area contributed by atoms with Gasteiger partial charge in [-0.25, -0.2) is 13.4 Å². The third-order valence-corrected chi connectivity index (χ3v) is 5.92. The summed E-state index contributed by atoms with van der Waals surface area (Å²) in [5, 5.41) is 2.81. The topological polar surface area (TPSA) is 82.6 Å². The number of sulfonamides is 1. The van der Waals surface area contributed by atoms with E-state index in [1.165, 1.54) is 17.1 Å². The Morgan fingerprint density at radius 1 is 1.17 bits per heavy atom. The molecule has 2 aliphatic rings. The van der Waals surface area contributed by atoms with Crippen molar-refractivity contribution in [2.24, 2.45) is 0 Å². The van der Waals surface area contributed by atoms with Crippen LogP contribution in [-0.4, -0.2) is 55.5 Å². The number of hydrogen-bond acceptors (Lipinski definition) is 5. The lowest BCUT2D eigenvalue weighted by Gasteiger charge is -2.32. The first-order valence-electron chi connectivity index (χ1n) is 8.44. The molecule has 0 aliphatic carbocycles. The molecular formula is C16H24N4O3S. The molecule has 1 unspecified atom stereocenters. The Hall–Kier alpha value is -1.67. The fourth-order valence-electron chi connectivity index (χ4n) is 3.38. The molecule has 1 atom stereocenters. The molecule has 1 aromatic heterocycles. The van der Waals surface area contributed by atoms with Crippen LogP contribution < -0.4 is 10.2 Å². The van der Waals surface area contributed by atoms with Crippen LogP contribution in [0.5, 0.6) is 0 Å². The smallest absolute Gasteiger partial charge is 0.242 e. The number of amides is 1. The van der Waals surface area contributed by atoms with Crippen LogP contribution in [0, 0.1) is 0 Å². The minimum absolute atomic E-state index is 0.282. The highest BCUT2D eigenvalue weighted by Gasteiger charge is 2.34. The number of piperidine rings is 1. The molecule has 2 aliphatic heterocycles. The maximum atomic E-state index is 12.5. The van der Waals surface area contributed by atoms with Crippen molar-refractivity contribution >= 4 is 27.4 Å². The summed E-state index contributed by atoms with van der Waals surface area (Å²) in [5.74, 6) is 0.636. The summed E-state index contributed by atoms with van der Waals surface area (Å²) in [6, 6.07) is 3.09. The molecule has 7 nitrogen and oxygen atoms in total. The molecule has 0 saturated carbocycles. The van der Waals surface area contributed by atoms with Gasteiger partial charge >= 0.3 is 0 Å². The molecule has 1 aromatic rings. The van der Waals surface area contributed by atoms with E-state index in [2.05, 4.69) is 15.2 Å². The maximum absolute atomic E-state index is 12.5. The van der Waals surface area contributed by atoms with E-state index in [1.807, 2.05) is 12.1 Å². The second kappa shape index (κ2) is 7.06. The second-order valence-electron chi connectivity index (χ2n) is 6.47. The number of aromatic nitrogens is 1. The van der Waals surface area contributed by atoms with E-state index >= 15 is 0 Å². The Morgan fingerprint density at radius 3 is 2.50 bits per heavy atom. The minimum Gasteiger partial charge on any atom is -0.357 e. The van der Waals surface area contributed by atoms with Crippen molar-refractivity contribution < 1.29 is 13.2 Å². The number of nitrogens with zero attached hydrogens (tertiary/aromatic N) is 3. The molecule has 1 N–H and O–H groups in total. The Kier molecular flexibility index (Phi) is 5.05. The lowest BCUT2D eigenvalue weighted by Crippen LogP contribution is -2.49.